The second kappa shape index (κ2) is 4.90. The highest BCUT2D eigenvalue weighted by Gasteiger charge is 2.13. The Kier molecular flexibility index (Phi) is 3.81. The Balaban J connectivity index is 2.43. The quantitative estimate of drug-likeness (QED) is 0.522. The number of aryl methyl sites for hydroxylation is 1. The highest BCUT2D eigenvalue weighted by molar-refractivity contribution is 5.92. The van der Waals surface area contributed by atoms with Crippen LogP contribution in [0.3, 0.4) is 0 Å². The summed E-state index contributed by atoms with van der Waals surface area (Å²) in [5, 5.41) is 18.2. The van der Waals surface area contributed by atoms with Crippen molar-refractivity contribution in [3.63, 3.8) is 0 Å². The molecule has 0 spiro atoms. The van der Waals surface area contributed by atoms with E-state index >= 15 is 0 Å². The maximum absolute atomic E-state index is 11.5. The maximum Gasteiger partial charge on any atom is 0.271 e. The molecule has 1 aromatic rings. The first kappa shape index (κ1) is 11.7. The maximum atomic E-state index is 11.5. The summed E-state index contributed by atoms with van der Waals surface area (Å²) in [6.07, 6.45) is -0.647. The van der Waals surface area contributed by atoms with E-state index in [9.17, 15) is 4.79 Å². The van der Waals surface area contributed by atoms with Crippen molar-refractivity contribution in [2.75, 3.05) is 6.54 Å². The van der Waals surface area contributed by atoms with E-state index in [2.05, 4.69) is 15.5 Å². The lowest BCUT2D eigenvalue weighted by atomic mass is 10.2. The van der Waals surface area contributed by atoms with Crippen LogP contribution in [0.15, 0.2) is 6.07 Å². The first-order valence-corrected chi connectivity index (χ1v) is 4.74. The van der Waals surface area contributed by atoms with Crippen LogP contribution in [0.2, 0.25) is 0 Å². The van der Waals surface area contributed by atoms with Gasteiger partial charge in [-0.1, -0.05) is 0 Å². The summed E-state index contributed by atoms with van der Waals surface area (Å²) in [6, 6.07) is 1.18. The molecule has 1 rings (SSSR count). The van der Waals surface area contributed by atoms with Crippen LogP contribution >= 0.6 is 0 Å². The van der Waals surface area contributed by atoms with Crippen molar-refractivity contribution in [3.05, 3.63) is 17.5 Å². The van der Waals surface area contributed by atoms with Crippen LogP contribution in [-0.2, 0) is 0 Å². The molecule has 1 amide bonds. The number of nitrogens with one attached hydrogen (secondary N) is 2. The van der Waals surface area contributed by atoms with Crippen LogP contribution in [0.1, 0.15) is 23.1 Å². The largest absolute Gasteiger partial charge is 0.392 e. The number of carbonyl (C=O) groups is 1. The molecule has 15 heavy (non-hydrogen) atoms. The van der Waals surface area contributed by atoms with Gasteiger partial charge in [-0.2, -0.15) is 5.10 Å². The van der Waals surface area contributed by atoms with Gasteiger partial charge in [0.2, 0.25) is 0 Å². The Hall–Kier alpha value is -1.40. The number of H-pyrrole nitrogens is 1. The van der Waals surface area contributed by atoms with Crippen LogP contribution in [0.25, 0.3) is 0 Å². The summed E-state index contributed by atoms with van der Waals surface area (Å²) in [6.45, 7) is 3.61. The zero-order chi connectivity index (χ0) is 11.4. The lowest BCUT2D eigenvalue weighted by molar-refractivity contribution is 0.0932. The summed E-state index contributed by atoms with van der Waals surface area (Å²) in [5.74, 6) is -0.296. The Morgan fingerprint density at radius 3 is 2.93 bits per heavy atom. The monoisotopic (exact) mass is 212 g/mol. The highest BCUT2D eigenvalue weighted by Crippen LogP contribution is 1.97. The average molecular weight is 212 g/mol. The predicted octanol–water partition coefficient (Wildman–Crippen LogP) is -0.844. The number of aromatic amines is 1. The Bertz CT molecular complexity index is 335. The van der Waals surface area contributed by atoms with Crippen LogP contribution in [0.5, 0.6) is 0 Å². The van der Waals surface area contributed by atoms with Crippen LogP contribution < -0.4 is 11.1 Å². The number of aliphatic hydroxyl groups is 1. The lowest BCUT2D eigenvalue weighted by Crippen LogP contribution is -2.43. The molecule has 1 heterocycles. The molecular weight excluding hydrogens is 196 g/mol. The van der Waals surface area contributed by atoms with Crippen molar-refractivity contribution in [2.45, 2.75) is 26.0 Å². The molecule has 0 aromatic carbocycles. The molecule has 6 heteroatoms. The number of amides is 1. The number of carbonyl (C=O) groups excluding carboxylic acids is 1. The van der Waals surface area contributed by atoms with Crippen LogP contribution in [0, 0.1) is 6.92 Å². The normalized spacial score (nSPS) is 14.7. The van der Waals surface area contributed by atoms with Crippen molar-refractivity contribution in [3.8, 4) is 0 Å². The van der Waals surface area contributed by atoms with E-state index < -0.39 is 12.1 Å². The molecule has 0 aliphatic rings. The van der Waals surface area contributed by atoms with E-state index in [0.717, 1.165) is 5.69 Å². The number of rotatable bonds is 4. The van der Waals surface area contributed by atoms with Gasteiger partial charge in [-0.25, -0.2) is 0 Å². The molecule has 6 nitrogen and oxygen atoms in total. The smallest absolute Gasteiger partial charge is 0.271 e. The number of hydrogen-bond acceptors (Lipinski definition) is 4. The molecule has 0 fully saturated rings. The lowest BCUT2D eigenvalue weighted by Gasteiger charge is -2.14. The summed E-state index contributed by atoms with van der Waals surface area (Å²) in [7, 11) is 0. The fraction of sp³-hybridized carbons (Fsp3) is 0.556. The third-order valence-corrected chi connectivity index (χ3v) is 2.06. The van der Waals surface area contributed by atoms with Gasteiger partial charge in [-0.3, -0.25) is 9.89 Å². The highest BCUT2D eigenvalue weighted by atomic mass is 16.3. The molecule has 1 aromatic heterocycles. The van der Waals surface area contributed by atoms with Gasteiger partial charge < -0.3 is 16.2 Å². The van der Waals surface area contributed by atoms with Crippen molar-refractivity contribution < 1.29 is 9.90 Å². The number of aromatic nitrogens is 2. The van der Waals surface area contributed by atoms with Crippen LogP contribution in [0.4, 0.5) is 0 Å². The Labute approximate surface area is 87.9 Å². The number of nitrogens with zero attached hydrogens (tertiary/aromatic N) is 1. The van der Waals surface area contributed by atoms with Gasteiger partial charge in [0.25, 0.3) is 5.91 Å². The fourth-order valence-corrected chi connectivity index (χ4v) is 1.01. The van der Waals surface area contributed by atoms with Crippen molar-refractivity contribution in [1.29, 1.82) is 0 Å². The Morgan fingerprint density at radius 1 is 1.80 bits per heavy atom. The minimum atomic E-state index is -0.647. The van der Waals surface area contributed by atoms with Gasteiger partial charge in [0.1, 0.15) is 5.69 Å². The van der Waals surface area contributed by atoms with Crippen molar-refractivity contribution >= 4 is 5.91 Å². The van der Waals surface area contributed by atoms with Gasteiger partial charge >= 0.3 is 0 Å². The van der Waals surface area contributed by atoms with Gasteiger partial charge in [0.15, 0.2) is 0 Å². The third-order valence-electron chi connectivity index (χ3n) is 2.06. The van der Waals surface area contributed by atoms with Gasteiger partial charge in [-0.05, 0) is 19.9 Å². The SMILES string of the molecule is Cc1cc(C(=O)NCC(N)C(C)O)n[nH]1. The van der Waals surface area contributed by atoms with E-state index in [1.54, 1.807) is 13.0 Å². The van der Waals surface area contributed by atoms with E-state index in [1.165, 1.54) is 0 Å². The Morgan fingerprint density at radius 2 is 2.47 bits per heavy atom. The minimum absolute atomic E-state index is 0.225. The van der Waals surface area contributed by atoms with Gasteiger partial charge in [-0.15, -0.1) is 0 Å². The van der Waals surface area contributed by atoms with Crippen molar-refractivity contribution in [1.82, 2.24) is 15.5 Å². The summed E-state index contributed by atoms with van der Waals surface area (Å²) in [5.41, 5.74) is 6.70. The molecular formula is C9H16N4O2. The molecule has 0 bridgehead atoms. The van der Waals surface area contributed by atoms with E-state index in [4.69, 9.17) is 10.8 Å². The first-order chi connectivity index (χ1) is 7.00. The molecule has 0 saturated carbocycles. The van der Waals surface area contributed by atoms with E-state index in [1.807, 2.05) is 6.92 Å². The fourth-order valence-electron chi connectivity index (χ4n) is 1.01. The molecule has 0 aliphatic carbocycles. The molecule has 84 valence electrons. The zero-order valence-electron chi connectivity index (χ0n) is 8.82. The molecule has 0 radical (unpaired) electrons. The number of hydrogen-bond donors (Lipinski definition) is 4. The molecule has 0 saturated heterocycles. The number of aliphatic hydroxyl groups excluding tert-OH is 1. The molecule has 0 aliphatic heterocycles. The summed E-state index contributed by atoms with van der Waals surface area (Å²) in [4.78, 5) is 11.5. The minimum Gasteiger partial charge on any atom is -0.392 e. The average Bonchev–Trinajstić information content (AvgIpc) is 2.60. The van der Waals surface area contributed by atoms with E-state index in [-0.39, 0.29) is 12.5 Å². The molecule has 2 atom stereocenters. The zero-order valence-corrected chi connectivity index (χ0v) is 8.82. The van der Waals surface area contributed by atoms with E-state index in [0.29, 0.717) is 5.69 Å². The van der Waals surface area contributed by atoms with Crippen LogP contribution in [-0.4, -0.2) is 39.9 Å². The third kappa shape index (κ3) is 3.34. The van der Waals surface area contributed by atoms with Gasteiger partial charge in [0, 0.05) is 18.3 Å². The van der Waals surface area contributed by atoms with Crippen molar-refractivity contribution in [2.24, 2.45) is 5.73 Å². The summed E-state index contributed by atoms with van der Waals surface area (Å²) < 4.78 is 0. The standard InChI is InChI=1S/C9H16N4O2/c1-5-3-8(13-12-5)9(15)11-4-7(10)6(2)14/h3,6-7,14H,4,10H2,1-2H3,(H,11,15)(H,12,13). The molecule has 5 N–H and O–H groups in total. The predicted molar refractivity (Wildman–Crippen MR) is 55.3 cm³/mol. The topological polar surface area (TPSA) is 104 Å². The first-order valence-electron chi connectivity index (χ1n) is 4.74. The second-order valence-corrected chi connectivity index (χ2v) is 3.55. The second-order valence-electron chi connectivity index (χ2n) is 3.55. The summed E-state index contributed by atoms with van der Waals surface area (Å²) >= 11 is 0. The number of nitrogens with two attached hydrogens (primary N) is 1. The van der Waals surface area contributed by atoms with Gasteiger partial charge in [0.05, 0.1) is 6.10 Å². The molecule has 2 unspecified atom stereocenters.